The van der Waals surface area contributed by atoms with Crippen LogP contribution in [0.3, 0.4) is 0 Å². The Kier molecular flexibility index (Phi) is 7.43. The van der Waals surface area contributed by atoms with Gasteiger partial charge in [-0.15, -0.1) is 11.3 Å². The molecule has 1 aromatic heterocycles. The lowest BCUT2D eigenvalue weighted by Crippen LogP contribution is -2.17. The van der Waals surface area contributed by atoms with Crippen molar-refractivity contribution in [3.05, 3.63) is 81.8 Å². The lowest BCUT2D eigenvalue weighted by molar-refractivity contribution is 0.306. The molecule has 0 amide bonds. The van der Waals surface area contributed by atoms with Gasteiger partial charge in [0.1, 0.15) is 12.4 Å². The zero-order valence-electron chi connectivity index (χ0n) is 16.2. The molecule has 4 heteroatoms. The maximum Gasteiger partial charge on any atom is 0.119 e. The zero-order valence-corrected chi connectivity index (χ0v) is 17.0. The number of hydrogen-bond acceptors (Lipinski definition) is 4. The average Bonchev–Trinajstić information content (AvgIpc) is 3.10. The molecule has 0 aliphatic heterocycles. The molecular formula is C23H28N2OS. The normalized spacial score (nSPS) is 12.1. The molecule has 2 aromatic carbocycles. The van der Waals surface area contributed by atoms with Gasteiger partial charge in [0.25, 0.3) is 0 Å². The lowest BCUT2D eigenvalue weighted by Gasteiger charge is -2.11. The summed E-state index contributed by atoms with van der Waals surface area (Å²) in [6, 6.07) is 18.6. The first-order valence-corrected chi connectivity index (χ1v) is 10.4. The molecule has 1 atom stereocenters. The van der Waals surface area contributed by atoms with Gasteiger partial charge in [0, 0.05) is 24.0 Å². The summed E-state index contributed by atoms with van der Waals surface area (Å²) in [6.07, 6.45) is 4.21. The fraction of sp³-hybridized carbons (Fsp3) is 0.348. The third kappa shape index (κ3) is 6.81. The summed E-state index contributed by atoms with van der Waals surface area (Å²) in [5.74, 6) is 1.56. The number of nitrogens with zero attached hydrogens (tertiary/aromatic N) is 1. The van der Waals surface area contributed by atoms with Crippen molar-refractivity contribution in [1.82, 2.24) is 10.3 Å². The number of hydrogen-bond donors (Lipinski definition) is 1. The summed E-state index contributed by atoms with van der Waals surface area (Å²) in [7, 11) is 0. The van der Waals surface area contributed by atoms with Crippen molar-refractivity contribution in [2.24, 2.45) is 5.92 Å². The molecule has 0 fully saturated rings. The highest BCUT2D eigenvalue weighted by Gasteiger charge is 2.06. The van der Waals surface area contributed by atoms with E-state index >= 15 is 0 Å². The van der Waals surface area contributed by atoms with Gasteiger partial charge in [-0.25, -0.2) is 4.98 Å². The van der Waals surface area contributed by atoms with Crippen LogP contribution in [0.4, 0.5) is 0 Å². The minimum absolute atomic E-state index is 0.606. The molecule has 1 N–H and O–H groups in total. The Morgan fingerprint density at radius 1 is 1.04 bits per heavy atom. The Labute approximate surface area is 166 Å². The number of ether oxygens (including phenoxy) is 1. The minimum atomic E-state index is 0.606. The Hall–Kier alpha value is -2.17. The van der Waals surface area contributed by atoms with Crippen molar-refractivity contribution in [1.29, 1.82) is 0 Å². The van der Waals surface area contributed by atoms with Gasteiger partial charge in [0.15, 0.2) is 0 Å². The second kappa shape index (κ2) is 10.2. The highest BCUT2D eigenvalue weighted by atomic mass is 32.1. The van der Waals surface area contributed by atoms with E-state index in [1.807, 2.05) is 47.9 Å². The van der Waals surface area contributed by atoms with Crippen LogP contribution < -0.4 is 10.1 Å². The summed E-state index contributed by atoms with van der Waals surface area (Å²) < 4.78 is 5.84. The second-order valence-electron chi connectivity index (χ2n) is 7.06. The highest BCUT2D eigenvalue weighted by Crippen LogP contribution is 2.17. The fourth-order valence-corrected chi connectivity index (χ4v) is 3.87. The molecule has 1 heterocycles. The van der Waals surface area contributed by atoms with Crippen molar-refractivity contribution < 1.29 is 4.74 Å². The molecule has 1 unspecified atom stereocenters. The van der Waals surface area contributed by atoms with E-state index in [1.54, 1.807) is 0 Å². The molecule has 0 saturated carbocycles. The van der Waals surface area contributed by atoms with Crippen LogP contribution in [0.5, 0.6) is 5.75 Å². The highest BCUT2D eigenvalue weighted by molar-refractivity contribution is 7.11. The van der Waals surface area contributed by atoms with Crippen molar-refractivity contribution >= 4 is 11.3 Å². The van der Waals surface area contributed by atoms with Crippen molar-refractivity contribution in [2.75, 3.05) is 6.54 Å². The summed E-state index contributed by atoms with van der Waals surface area (Å²) in [5, 5.41) is 4.80. The second-order valence-corrected chi connectivity index (χ2v) is 8.38. The number of rotatable bonds is 10. The van der Waals surface area contributed by atoms with Crippen LogP contribution in [0.15, 0.2) is 60.8 Å². The Balaban J connectivity index is 1.33. The summed E-state index contributed by atoms with van der Waals surface area (Å²) in [4.78, 5) is 5.76. The molecule has 0 saturated heterocycles. The summed E-state index contributed by atoms with van der Waals surface area (Å²) in [6.45, 7) is 6.94. The van der Waals surface area contributed by atoms with Gasteiger partial charge in [-0.1, -0.05) is 49.4 Å². The van der Waals surface area contributed by atoms with Crippen LogP contribution >= 0.6 is 11.3 Å². The maximum atomic E-state index is 5.84. The maximum absolute atomic E-state index is 5.84. The van der Waals surface area contributed by atoms with E-state index < -0.39 is 0 Å². The van der Waals surface area contributed by atoms with Gasteiger partial charge in [0.05, 0.1) is 5.01 Å². The van der Waals surface area contributed by atoms with Crippen LogP contribution in [-0.4, -0.2) is 11.5 Å². The predicted molar refractivity (Wildman–Crippen MR) is 113 cm³/mol. The Morgan fingerprint density at radius 2 is 1.81 bits per heavy atom. The van der Waals surface area contributed by atoms with Crippen LogP contribution in [0, 0.1) is 12.8 Å². The number of thiazole rings is 1. The van der Waals surface area contributed by atoms with Gasteiger partial charge < -0.3 is 10.1 Å². The van der Waals surface area contributed by atoms with Gasteiger partial charge >= 0.3 is 0 Å². The van der Waals surface area contributed by atoms with Crippen molar-refractivity contribution in [3.8, 4) is 5.75 Å². The van der Waals surface area contributed by atoms with Crippen LogP contribution in [0.2, 0.25) is 0 Å². The standard InChI is InChI=1S/C23H28N2OS/c1-18(14-23-25-15-19(2)27-23)12-13-24-16-20-8-10-22(11-9-20)26-17-21-6-4-3-5-7-21/h3-11,15,18,24H,12-14,16-17H2,1-2H3. The van der Waals surface area contributed by atoms with E-state index in [-0.39, 0.29) is 0 Å². The van der Waals surface area contributed by atoms with Gasteiger partial charge in [0.2, 0.25) is 0 Å². The zero-order chi connectivity index (χ0) is 18.9. The molecule has 0 radical (unpaired) electrons. The van der Waals surface area contributed by atoms with Gasteiger partial charge in [-0.3, -0.25) is 0 Å². The molecule has 0 aliphatic carbocycles. The first-order valence-electron chi connectivity index (χ1n) is 9.57. The molecular weight excluding hydrogens is 352 g/mol. The number of aromatic nitrogens is 1. The van der Waals surface area contributed by atoms with Crippen molar-refractivity contribution in [2.45, 2.75) is 39.8 Å². The topological polar surface area (TPSA) is 34.2 Å². The third-order valence-electron chi connectivity index (χ3n) is 4.51. The SMILES string of the molecule is Cc1cnc(CC(C)CCNCc2ccc(OCc3ccccc3)cc2)s1. The number of aryl methyl sites for hydroxylation is 1. The summed E-state index contributed by atoms with van der Waals surface area (Å²) in [5.41, 5.74) is 2.47. The van der Waals surface area contributed by atoms with Gasteiger partial charge in [-0.05, 0) is 49.1 Å². The summed E-state index contributed by atoms with van der Waals surface area (Å²) >= 11 is 1.81. The molecule has 0 aliphatic rings. The van der Waals surface area contributed by atoms with Crippen molar-refractivity contribution in [3.63, 3.8) is 0 Å². The minimum Gasteiger partial charge on any atom is -0.489 e. The molecule has 3 rings (SSSR count). The molecule has 3 nitrogen and oxygen atoms in total. The lowest BCUT2D eigenvalue weighted by atomic mass is 10.0. The molecule has 3 aromatic rings. The molecule has 27 heavy (non-hydrogen) atoms. The predicted octanol–water partition coefficient (Wildman–Crippen LogP) is 5.39. The Morgan fingerprint density at radius 3 is 2.52 bits per heavy atom. The molecule has 0 spiro atoms. The largest absolute Gasteiger partial charge is 0.489 e. The Bertz CT molecular complexity index is 799. The fourth-order valence-electron chi connectivity index (χ4n) is 2.92. The smallest absolute Gasteiger partial charge is 0.119 e. The van der Waals surface area contributed by atoms with Crippen LogP contribution in [-0.2, 0) is 19.6 Å². The molecule has 142 valence electrons. The number of nitrogens with one attached hydrogen (secondary N) is 1. The van der Waals surface area contributed by atoms with E-state index in [0.29, 0.717) is 12.5 Å². The quantitative estimate of drug-likeness (QED) is 0.479. The van der Waals surface area contributed by atoms with E-state index in [2.05, 4.69) is 48.4 Å². The third-order valence-corrected chi connectivity index (χ3v) is 5.44. The van der Waals surface area contributed by atoms with E-state index in [9.17, 15) is 0 Å². The number of benzene rings is 2. The van der Waals surface area contributed by atoms with E-state index in [1.165, 1.54) is 21.0 Å². The van der Waals surface area contributed by atoms with E-state index in [4.69, 9.17) is 4.74 Å². The first kappa shape index (κ1) is 19.6. The first-order chi connectivity index (χ1) is 13.2. The van der Waals surface area contributed by atoms with Crippen LogP contribution in [0.25, 0.3) is 0 Å². The van der Waals surface area contributed by atoms with E-state index in [0.717, 1.165) is 31.7 Å². The average molecular weight is 381 g/mol. The van der Waals surface area contributed by atoms with Gasteiger partial charge in [-0.2, -0.15) is 0 Å². The monoisotopic (exact) mass is 380 g/mol. The van der Waals surface area contributed by atoms with Crippen LogP contribution in [0.1, 0.15) is 34.4 Å². The molecule has 0 bridgehead atoms.